The van der Waals surface area contributed by atoms with Crippen LogP contribution in [0.25, 0.3) is 0 Å². The third-order valence-electron chi connectivity index (χ3n) is 4.33. The van der Waals surface area contributed by atoms with Crippen LogP contribution < -0.4 is 0 Å². The number of hydrogen-bond donors (Lipinski definition) is 1. The SMILES string of the molecule is CC(C)CC1(C)CCCN1Cc1ccc(C(=O)O)cc1. The maximum Gasteiger partial charge on any atom is 0.335 e. The maximum atomic E-state index is 10.9. The summed E-state index contributed by atoms with van der Waals surface area (Å²) in [5.41, 5.74) is 1.85. The first-order valence-corrected chi connectivity index (χ1v) is 7.48. The molecule has 1 atom stereocenters. The average Bonchev–Trinajstić information content (AvgIpc) is 2.70. The van der Waals surface area contributed by atoms with E-state index in [1.165, 1.54) is 24.8 Å². The molecule has 1 aliphatic heterocycles. The van der Waals surface area contributed by atoms with Crippen molar-refractivity contribution in [3.05, 3.63) is 35.4 Å². The quantitative estimate of drug-likeness (QED) is 0.889. The molecule has 1 saturated heterocycles. The van der Waals surface area contributed by atoms with Crippen molar-refractivity contribution in [3.63, 3.8) is 0 Å². The molecule has 2 rings (SSSR count). The van der Waals surface area contributed by atoms with Crippen molar-refractivity contribution >= 4 is 5.97 Å². The second-order valence-electron chi connectivity index (χ2n) is 6.62. The van der Waals surface area contributed by atoms with Gasteiger partial charge in [-0.05, 0) is 56.3 Å². The van der Waals surface area contributed by atoms with Gasteiger partial charge in [0, 0.05) is 12.1 Å². The molecule has 1 fully saturated rings. The van der Waals surface area contributed by atoms with Crippen molar-refractivity contribution in [2.75, 3.05) is 6.54 Å². The van der Waals surface area contributed by atoms with E-state index in [-0.39, 0.29) is 0 Å². The number of nitrogens with zero attached hydrogens (tertiary/aromatic N) is 1. The first-order valence-electron chi connectivity index (χ1n) is 7.48. The van der Waals surface area contributed by atoms with Crippen LogP contribution in [0.2, 0.25) is 0 Å². The number of likely N-dealkylation sites (tertiary alicyclic amines) is 1. The number of carboxylic acid groups (broad SMARTS) is 1. The molecule has 3 heteroatoms. The predicted octanol–water partition coefficient (Wildman–Crippen LogP) is 3.79. The molecule has 0 aliphatic carbocycles. The molecule has 1 N–H and O–H groups in total. The normalized spacial score (nSPS) is 23.4. The number of hydrogen-bond acceptors (Lipinski definition) is 2. The van der Waals surface area contributed by atoms with Gasteiger partial charge in [-0.15, -0.1) is 0 Å². The Labute approximate surface area is 121 Å². The summed E-state index contributed by atoms with van der Waals surface area (Å²) in [4.78, 5) is 13.4. The van der Waals surface area contributed by atoms with Crippen LogP contribution in [0.4, 0.5) is 0 Å². The monoisotopic (exact) mass is 275 g/mol. The van der Waals surface area contributed by atoms with E-state index in [0.717, 1.165) is 13.1 Å². The third kappa shape index (κ3) is 3.40. The average molecular weight is 275 g/mol. The van der Waals surface area contributed by atoms with Crippen LogP contribution in [-0.2, 0) is 6.54 Å². The summed E-state index contributed by atoms with van der Waals surface area (Å²) in [7, 11) is 0. The Balaban J connectivity index is 2.06. The number of benzene rings is 1. The Kier molecular flexibility index (Phi) is 4.48. The lowest BCUT2D eigenvalue weighted by molar-refractivity contribution is 0.0696. The van der Waals surface area contributed by atoms with Crippen LogP contribution in [0.1, 0.15) is 56.0 Å². The summed E-state index contributed by atoms with van der Waals surface area (Å²) in [6, 6.07) is 7.29. The second-order valence-corrected chi connectivity index (χ2v) is 6.62. The number of carboxylic acids is 1. The molecule has 20 heavy (non-hydrogen) atoms. The van der Waals surface area contributed by atoms with Gasteiger partial charge in [0.1, 0.15) is 0 Å². The van der Waals surface area contributed by atoms with Crippen molar-refractivity contribution < 1.29 is 9.90 Å². The summed E-state index contributed by atoms with van der Waals surface area (Å²) < 4.78 is 0. The zero-order chi connectivity index (χ0) is 14.8. The van der Waals surface area contributed by atoms with Crippen LogP contribution in [0.3, 0.4) is 0 Å². The second kappa shape index (κ2) is 5.96. The predicted molar refractivity (Wildman–Crippen MR) is 80.9 cm³/mol. The fourth-order valence-electron chi connectivity index (χ4n) is 3.43. The Morgan fingerprint density at radius 2 is 2.00 bits per heavy atom. The fourth-order valence-corrected chi connectivity index (χ4v) is 3.43. The zero-order valence-electron chi connectivity index (χ0n) is 12.7. The van der Waals surface area contributed by atoms with Gasteiger partial charge in [-0.3, -0.25) is 4.90 Å². The van der Waals surface area contributed by atoms with Crippen LogP contribution in [-0.4, -0.2) is 28.1 Å². The summed E-state index contributed by atoms with van der Waals surface area (Å²) >= 11 is 0. The molecule has 110 valence electrons. The Morgan fingerprint density at radius 1 is 1.35 bits per heavy atom. The first-order chi connectivity index (χ1) is 9.40. The molecule has 3 nitrogen and oxygen atoms in total. The summed E-state index contributed by atoms with van der Waals surface area (Å²) in [6.07, 6.45) is 3.75. The van der Waals surface area contributed by atoms with E-state index >= 15 is 0 Å². The van der Waals surface area contributed by atoms with Gasteiger partial charge in [0.25, 0.3) is 0 Å². The van der Waals surface area contributed by atoms with Crippen molar-refractivity contribution in [1.29, 1.82) is 0 Å². The highest BCUT2D eigenvalue weighted by Gasteiger charge is 2.36. The van der Waals surface area contributed by atoms with Gasteiger partial charge >= 0.3 is 5.97 Å². The highest BCUT2D eigenvalue weighted by Crippen LogP contribution is 2.35. The Morgan fingerprint density at radius 3 is 2.55 bits per heavy atom. The lowest BCUT2D eigenvalue weighted by Crippen LogP contribution is -2.41. The fraction of sp³-hybridized carbons (Fsp3) is 0.588. The minimum atomic E-state index is -0.859. The van der Waals surface area contributed by atoms with Crippen LogP contribution in [0, 0.1) is 5.92 Å². The minimum Gasteiger partial charge on any atom is -0.478 e. The lowest BCUT2D eigenvalue weighted by atomic mass is 9.88. The minimum absolute atomic E-state index is 0.291. The summed E-state index contributed by atoms with van der Waals surface area (Å²) in [6.45, 7) is 8.99. The number of aromatic carboxylic acids is 1. The lowest BCUT2D eigenvalue weighted by Gasteiger charge is -2.37. The van der Waals surface area contributed by atoms with Gasteiger partial charge in [-0.1, -0.05) is 26.0 Å². The third-order valence-corrected chi connectivity index (χ3v) is 4.33. The van der Waals surface area contributed by atoms with Crippen molar-refractivity contribution in [3.8, 4) is 0 Å². The zero-order valence-corrected chi connectivity index (χ0v) is 12.7. The standard InChI is InChI=1S/C17H25NO2/c1-13(2)11-17(3)9-4-10-18(17)12-14-5-7-15(8-6-14)16(19)20/h5-8,13H,4,9-12H2,1-3H3,(H,19,20). The van der Waals surface area contributed by atoms with Gasteiger partial charge in [0.05, 0.1) is 5.56 Å². The van der Waals surface area contributed by atoms with E-state index in [2.05, 4.69) is 25.7 Å². The van der Waals surface area contributed by atoms with Gasteiger partial charge in [0.15, 0.2) is 0 Å². The van der Waals surface area contributed by atoms with Crippen molar-refractivity contribution in [2.45, 2.75) is 52.1 Å². The van der Waals surface area contributed by atoms with E-state index in [1.807, 2.05) is 12.1 Å². The first kappa shape index (κ1) is 15.0. The molecule has 1 aromatic rings. The van der Waals surface area contributed by atoms with Crippen LogP contribution >= 0.6 is 0 Å². The van der Waals surface area contributed by atoms with Gasteiger partial charge < -0.3 is 5.11 Å². The molecule has 0 radical (unpaired) electrons. The van der Waals surface area contributed by atoms with E-state index in [1.54, 1.807) is 12.1 Å². The smallest absolute Gasteiger partial charge is 0.335 e. The van der Waals surface area contributed by atoms with Crippen LogP contribution in [0.15, 0.2) is 24.3 Å². The molecular weight excluding hydrogens is 250 g/mol. The highest BCUT2D eigenvalue weighted by molar-refractivity contribution is 5.87. The molecular formula is C17H25NO2. The van der Waals surface area contributed by atoms with E-state index < -0.39 is 5.97 Å². The van der Waals surface area contributed by atoms with E-state index in [0.29, 0.717) is 17.0 Å². The van der Waals surface area contributed by atoms with Crippen molar-refractivity contribution in [2.24, 2.45) is 5.92 Å². The number of rotatable bonds is 5. The van der Waals surface area contributed by atoms with Gasteiger partial charge in [0.2, 0.25) is 0 Å². The summed E-state index contributed by atoms with van der Waals surface area (Å²) in [5.74, 6) is -0.155. The maximum absolute atomic E-state index is 10.9. The highest BCUT2D eigenvalue weighted by atomic mass is 16.4. The number of carbonyl (C=O) groups is 1. The van der Waals surface area contributed by atoms with E-state index in [9.17, 15) is 4.79 Å². The van der Waals surface area contributed by atoms with Crippen LogP contribution in [0.5, 0.6) is 0 Å². The largest absolute Gasteiger partial charge is 0.478 e. The van der Waals surface area contributed by atoms with Crippen molar-refractivity contribution in [1.82, 2.24) is 4.90 Å². The van der Waals surface area contributed by atoms with Gasteiger partial charge in [-0.25, -0.2) is 4.79 Å². The van der Waals surface area contributed by atoms with E-state index in [4.69, 9.17) is 5.11 Å². The Hall–Kier alpha value is -1.35. The molecule has 0 saturated carbocycles. The molecule has 1 aliphatic rings. The summed E-state index contributed by atoms with van der Waals surface area (Å²) in [5, 5.41) is 8.93. The molecule has 1 aromatic carbocycles. The van der Waals surface area contributed by atoms with Gasteiger partial charge in [-0.2, -0.15) is 0 Å². The molecule has 0 amide bonds. The Bertz CT molecular complexity index is 466. The topological polar surface area (TPSA) is 40.5 Å². The molecule has 1 unspecified atom stereocenters. The molecule has 1 heterocycles. The molecule has 0 bridgehead atoms. The molecule has 0 aromatic heterocycles. The molecule has 0 spiro atoms.